The zero-order valence-electron chi connectivity index (χ0n) is 12.9. The standard InChI is InChI=1S/C17H28N2S/c1-3-9-18-10-8-16-6-4-5-7-17(16)13-19-11-12-20-14-15(19)2/h4-7,15,18H,3,8-14H2,1-2H3. The molecule has 0 spiro atoms. The molecule has 2 nitrogen and oxygen atoms in total. The van der Waals surface area contributed by atoms with Crippen molar-refractivity contribution in [1.82, 2.24) is 10.2 Å². The minimum absolute atomic E-state index is 0.708. The Morgan fingerprint density at radius 1 is 1.25 bits per heavy atom. The van der Waals surface area contributed by atoms with Crippen LogP contribution in [0.15, 0.2) is 24.3 Å². The Morgan fingerprint density at radius 3 is 2.80 bits per heavy atom. The Hall–Kier alpha value is -0.510. The van der Waals surface area contributed by atoms with Crippen molar-refractivity contribution in [3.8, 4) is 0 Å². The summed E-state index contributed by atoms with van der Waals surface area (Å²) in [6.07, 6.45) is 2.36. The monoisotopic (exact) mass is 292 g/mol. The summed E-state index contributed by atoms with van der Waals surface area (Å²) in [5, 5.41) is 3.51. The van der Waals surface area contributed by atoms with Gasteiger partial charge in [-0.1, -0.05) is 31.2 Å². The molecule has 1 fully saturated rings. The smallest absolute Gasteiger partial charge is 0.0239 e. The van der Waals surface area contributed by atoms with Gasteiger partial charge in [-0.25, -0.2) is 0 Å². The molecule has 1 aromatic carbocycles. The van der Waals surface area contributed by atoms with Gasteiger partial charge in [-0.15, -0.1) is 0 Å². The van der Waals surface area contributed by atoms with Gasteiger partial charge < -0.3 is 5.32 Å². The van der Waals surface area contributed by atoms with E-state index in [0.29, 0.717) is 6.04 Å². The quantitative estimate of drug-likeness (QED) is 0.777. The van der Waals surface area contributed by atoms with E-state index in [4.69, 9.17) is 0 Å². The third-order valence-electron chi connectivity index (χ3n) is 3.99. The fourth-order valence-corrected chi connectivity index (χ4v) is 3.78. The molecule has 1 N–H and O–H groups in total. The Bertz CT molecular complexity index is 394. The molecule has 3 heteroatoms. The second-order valence-corrected chi connectivity index (χ2v) is 6.81. The van der Waals surface area contributed by atoms with E-state index in [9.17, 15) is 0 Å². The summed E-state index contributed by atoms with van der Waals surface area (Å²) < 4.78 is 0. The predicted molar refractivity (Wildman–Crippen MR) is 90.5 cm³/mol. The van der Waals surface area contributed by atoms with Gasteiger partial charge in [-0.2, -0.15) is 11.8 Å². The lowest BCUT2D eigenvalue weighted by atomic mass is 10.0. The molecule has 0 saturated carbocycles. The first-order valence-corrected chi connectivity index (χ1v) is 9.06. The average molecular weight is 292 g/mol. The molecule has 0 amide bonds. The SMILES string of the molecule is CCCNCCc1ccccc1CN1CCSCC1C. The number of hydrogen-bond acceptors (Lipinski definition) is 3. The molecule has 1 saturated heterocycles. The summed E-state index contributed by atoms with van der Waals surface area (Å²) >= 11 is 2.09. The van der Waals surface area contributed by atoms with Crippen LogP contribution in [-0.4, -0.2) is 42.1 Å². The number of hydrogen-bond donors (Lipinski definition) is 1. The lowest BCUT2D eigenvalue weighted by Crippen LogP contribution is -2.39. The van der Waals surface area contributed by atoms with Crippen LogP contribution < -0.4 is 5.32 Å². The summed E-state index contributed by atoms with van der Waals surface area (Å²) in [4.78, 5) is 2.63. The Morgan fingerprint density at radius 2 is 2.05 bits per heavy atom. The predicted octanol–water partition coefficient (Wildman–Crippen LogP) is 3.17. The van der Waals surface area contributed by atoms with Crippen LogP contribution in [0.25, 0.3) is 0 Å². The summed E-state index contributed by atoms with van der Waals surface area (Å²) in [6.45, 7) is 9.15. The van der Waals surface area contributed by atoms with Crippen LogP contribution in [0.3, 0.4) is 0 Å². The number of nitrogens with zero attached hydrogens (tertiary/aromatic N) is 1. The molecule has 0 aromatic heterocycles. The third kappa shape index (κ3) is 4.80. The first kappa shape index (κ1) is 15.9. The van der Waals surface area contributed by atoms with Crippen LogP contribution in [0.4, 0.5) is 0 Å². The molecule has 0 aliphatic carbocycles. The minimum atomic E-state index is 0.708. The van der Waals surface area contributed by atoms with Crippen LogP contribution in [0.1, 0.15) is 31.4 Å². The van der Waals surface area contributed by atoms with Gasteiger partial charge >= 0.3 is 0 Å². The van der Waals surface area contributed by atoms with Crippen molar-refractivity contribution in [3.63, 3.8) is 0 Å². The van der Waals surface area contributed by atoms with Gasteiger partial charge in [0.15, 0.2) is 0 Å². The minimum Gasteiger partial charge on any atom is -0.316 e. The Kier molecular flexibility index (Phi) is 6.91. The summed E-state index contributed by atoms with van der Waals surface area (Å²) in [5.74, 6) is 2.56. The van der Waals surface area contributed by atoms with E-state index in [0.717, 1.165) is 26.1 Å². The zero-order valence-corrected chi connectivity index (χ0v) is 13.7. The van der Waals surface area contributed by atoms with Gasteiger partial charge in [-0.05, 0) is 44.0 Å². The number of nitrogens with one attached hydrogen (secondary N) is 1. The van der Waals surface area contributed by atoms with Crippen molar-refractivity contribution < 1.29 is 0 Å². The van der Waals surface area contributed by atoms with Gasteiger partial charge in [0.1, 0.15) is 0 Å². The number of thioether (sulfide) groups is 1. The highest BCUT2D eigenvalue weighted by Crippen LogP contribution is 2.20. The molecule has 1 aliphatic rings. The Labute approximate surface area is 128 Å². The van der Waals surface area contributed by atoms with Crippen molar-refractivity contribution >= 4 is 11.8 Å². The highest BCUT2D eigenvalue weighted by molar-refractivity contribution is 7.99. The molecule has 1 unspecified atom stereocenters. The van der Waals surface area contributed by atoms with Crippen molar-refractivity contribution in [3.05, 3.63) is 35.4 Å². The van der Waals surface area contributed by atoms with E-state index >= 15 is 0 Å². The van der Waals surface area contributed by atoms with Gasteiger partial charge in [0, 0.05) is 30.6 Å². The second-order valence-electron chi connectivity index (χ2n) is 5.66. The summed E-state index contributed by atoms with van der Waals surface area (Å²) in [7, 11) is 0. The molecule has 0 bridgehead atoms. The number of rotatable bonds is 7. The molecular weight excluding hydrogens is 264 g/mol. The maximum atomic E-state index is 3.51. The van der Waals surface area contributed by atoms with E-state index in [1.807, 2.05) is 0 Å². The van der Waals surface area contributed by atoms with Crippen molar-refractivity contribution in [2.75, 3.05) is 31.1 Å². The Balaban J connectivity index is 1.92. The fraction of sp³-hybridized carbons (Fsp3) is 0.647. The molecule has 2 rings (SSSR count). The number of benzene rings is 1. The second kappa shape index (κ2) is 8.71. The first-order chi connectivity index (χ1) is 9.81. The molecule has 20 heavy (non-hydrogen) atoms. The molecule has 0 radical (unpaired) electrons. The first-order valence-electron chi connectivity index (χ1n) is 7.90. The van der Waals surface area contributed by atoms with E-state index in [-0.39, 0.29) is 0 Å². The van der Waals surface area contributed by atoms with Crippen LogP contribution in [0.5, 0.6) is 0 Å². The topological polar surface area (TPSA) is 15.3 Å². The largest absolute Gasteiger partial charge is 0.316 e. The summed E-state index contributed by atoms with van der Waals surface area (Å²) in [6, 6.07) is 9.67. The fourth-order valence-electron chi connectivity index (χ4n) is 2.70. The molecule has 1 aliphatic heterocycles. The highest BCUT2D eigenvalue weighted by Gasteiger charge is 2.19. The lowest BCUT2D eigenvalue weighted by Gasteiger charge is -2.33. The van der Waals surface area contributed by atoms with Crippen LogP contribution in [-0.2, 0) is 13.0 Å². The van der Waals surface area contributed by atoms with E-state index in [2.05, 4.69) is 60.1 Å². The lowest BCUT2D eigenvalue weighted by molar-refractivity contribution is 0.223. The molecule has 1 heterocycles. The highest BCUT2D eigenvalue weighted by atomic mass is 32.2. The zero-order chi connectivity index (χ0) is 14.2. The van der Waals surface area contributed by atoms with Gasteiger partial charge in [0.2, 0.25) is 0 Å². The van der Waals surface area contributed by atoms with Crippen LogP contribution in [0, 0.1) is 0 Å². The maximum Gasteiger partial charge on any atom is 0.0239 e. The van der Waals surface area contributed by atoms with Crippen LogP contribution in [0.2, 0.25) is 0 Å². The molecule has 1 atom stereocenters. The summed E-state index contributed by atoms with van der Waals surface area (Å²) in [5.41, 5.74) is 3.03. The van der Waals surface area contributed by atoms with Gasteiger partial charge in [0.25, 0.3) is 0 Å². The molecule has 112 valence electrons. The van der Waals surface area contributed by atoms with Gasteiger partial charge in [-0.3, -0.25) is 4.90 Å². The average Bonchev–Trinajstić information content (AvgIpc) is 2.47. The van der Waals surface area contributed by atoms with Crippen molar-refractivity contribution in [1.29, 1.82) is 0 Å². The van der Waals surface area contributed by atoms with E-state index in [1.54, 1.807) is 0 Å². The maximum absolute atomic E-state index is 3.51. The normalized spacial score (nSPS) is 20.2. The molecule has 1 aromatic rings. The van der Waals surface area contributed by atoms with Crippen LogP contribution >= 0.6 is 11.8 Å². The van der Waals surface area contributed by atoms with E-state index < -0.39 is 0 Å². The van der Waals surface area contributed by atoms with Crippen molar-refractivity contribution in [2.24, 2.45) is 0 Å². The van der Waals surface area contributed by atoms with Crippen molar-refractivity contribution in [2.45, 2.75) is 39.3 Å². The van der Waals surface area contributed by atoms with E-state index in [1.165, 1.54) is 35.6 Å². The van der Waals surface area contributed by atoms with Gasteiger partial charge in [0.05, 0.1) is 0 Å². The molecular formula is C17H28N2S. The third-order valence-corrected chi connectivity index (χ3v) is 5.18.